The number of nitrogens with zero attached hydrogens (tertiary/aromatic N) is 3. The second kappa shape index (κ2) is 8.59. The zero-order valence-electron chi connectivity index (χ0n) is 19.4. The lowest BCUT2D eigenvalue weighted by Crippen LogP contribution is -2.55. The van der Waals surface area contributed by atoms with Crippen molar-refractivity contribution >= 4 is 28.4 Å². The number of piperidine rings is 1. The summed E-state index contributed by atoms with van der Waals surface area (Å²) in [5, 5.41) is 5.12. The summed E-state index contributed by atoms with van der Waals surface area (Å²) in [6.07, 6.45) is 7.01. The maximum Gasteiger partial charge on any atom is 0.263 e. The van der Waals surface area contributed by atoms with E-state index in [1.165, 1.54) is 6.20 Å². The van der Waals surface area contributed by atoms with E-state index in [2.05, 4.69) is 20.2 Å². The number of amides is 2. The number of ether oxygens (including phenoxy) is 1. The van der Waals surface area contributed by atoms with Crippen molar-refractivity contribution in [1.29, 1.82) is 0 Å². The number of benzene rings is 1. The predicted molar refractivity (Wildman–Crippen MR) is 130 cm³/mol. The molecule has 2 unspecified atom stereocenters. The molecular weight excluding hydrogens is 430 g/mol. The second-order valence-electron chi connectivity index (χ2n) is 9.65. The van der Waals surface area contributed by atoms with Gasteiger partial charge in [-0.3, -0.25) is 9.59 Å². The minimum absolute atomic E-state index is 0.0643. The van der Waals surface area contributed by atoms with E-state index in [4.69, 9.17) is 10.5 Å². The highest BCUT2D eigenvalue weighted by molar-refractivity contribution is 5.92. The summed E-state index contributed by atoms with van der Waals surface area (Å²) in [6, 6.07) is 14.0. The Kier molecular flexibility index (Phi) is 5.59. The molecule has 2 amide bonds. The highest BCUT2D eigenvalue weighted by atomic mass is 16.5. The van der Waals surface area contributed by atoms with Crippen molar-refractivity contribution in [3.63, 3.8) is 0 Å². The Labute approximate surface area is 198 Å². The van der Waals surface area contributed by atoms with Gasteiger partial charge in [0.15, 0.2) is 5.60 Å². The topological polar surface area (TPSA) is 110 Å². The van der Waals surface area contributed by atoms with Gasteiger partial charge in [-0.25, -0.2) is 9.97 Å². The van der Waals surface area contributed by atoms with E-state index in [-0.39, 0.29) is 11.9 Å². The van der Waals surface area contributed by atoms with Gasteiger partial charge in [-0.15, -0.1) is 0 Å². The number of hydrogen-bond acceptors (Lipinski definition) is 6. The molecule has 2 aromatic heterocycles. The number of carbonyl (C=O) groups excluding carboxylic acids is 2. The third kappa shape index (κ3) is 4.16. The first-order valence-electron chi connectivity index (χ1n) is 11.7. The molecule has 2 atom stereocenters. The molecule has 8 heteroatoms. The maximum absolute atomic E-state index is 13.2. The van der Waals surface area contributed by atoms with Crippen LogP contribution in [0.2, 0.25) is 0 Å². The zero-order valence-corrected chi connectivity index (χ0v) is 19.4. The van der Waals surface area contributed by atoms with Crippen molar-refractivity contribution < 1.29 is 14.3 Å². The molecule has 5 rings (SSSR count). The molecule has 2 bridgehead atoms. The highest BCUT2D eigenvalue weighted by Crippen LogP contribution is 2.38. The number of fused-ring (bicyclic) bond motifs is 3. The molecule has 0 aliphatic carbocycles. The largest absolute Gasteiger partial charge is 0.461 e. The molecule has 0 spiro atoms. The van der Waals surface area contributed by atoms with Gasteiger partial charge < -0.3 is 20.7 Å². The van der Waals surface area contributed by atoms with Crippen molar-refractivity contribution in [2.24, 2.45) is 5.73 Å². The Hall–Kier alpha value is -3.68. The lowest BCUT2D eigenvalue weighted by molar-refractivity contribution is -0.135. The van der Waals surface area contributed by atoms with Crippen molar-refractivity contribution in [2.75, 3.05) is 4.90 Å². The molecule has 2 aliphatic heterocycles. The number of nitrogens with one attached hydrogen (secondary N) is 1. The Morgan fingerprint density at radius 2 is 1.79 bits per heavy atom. The SMILES string of the molecule is CC(C)(Oc1nccc2ccccc12)C(=O)NC1CC2CCC(C1)N2c1ccc(C(N)=O)cn1. The van der Waals surface area contributed by atoms with Gasteiger partial charge in [-0.2, -0.15) is 0 Å². The van der Waals surface area contributed by atoms with Crippen molar-refractivity contribution in [1.82, 2.24) is 15.3 Å². The first-order valence-corrected chi connectivity index (χ1v) is 11.7. The lowest BCUT2D eigenvalue weighted by atomic mass is 9.96. The molecule has 1 aromatic carbocycles. The number of carbonyl (C=O) groups is 2. The van der Waals surface area contributed by atoms with E-state index < -0.39 is 11.5 Å². The fourth-order valence-corrected chi connectivity index (χ4v) is 5.17. The summed E-state index contributed by atoms with van der Waals surface area (Å²) in [7, 11) is 0. The van der Waals surface area contributed by atoms with Crippen molar-refractivity contribution in [3.8, 4) is 5.88 Å². The number of pyridine rings is 2. The van der Waals surface area contributed by atoms with Gasteiger partial charge in [0.05, 0.1) is 5.56 Å². The molecule has 176 valence electrons. The van der Waals surface area contributed by atoms with Crippen LogP contribution in [0.3, 0.4) is 0 Å². The average molecular weight is 460 g/mol. The summed E-state index contributed by atoms with van der Waals surface area (Å²) in [4.78, 5) is 35.7. The lowest BCUT2D eigenvalue weighted by Gasteiger charge is -2.40. The van der Waals surface area contributed by atoms with Gasteiger partial charge in [0.25, 0.3) is 5.91 Å². The quantitative estimate of drug-likeness (QED) is 0.586. The van der Waals surface area contributed by atoms with Crippen molar-refractivity contribution in [3.05, 3.63) is 60.4 Å². The van der Waals surface area contributed by atoms with Crippen LogP contribution in [0.5, 0.6) is 5.88 Å². The van der Waals surface area contributed by atoms with Crippen LogP contribution < -0.4 is 20.7 Å². The first-order chi connectivity index (χ1) is 16.3. The minimum atomic E-state index is -1.07. The normalized spacial score (nSPS) is 21.9. The van der Waals surface area contributed by atoms with Crippen LogP contribution >= 0.6 is 0 Å². The Balaban J connectivity index is 1.25. The number of nitrogens with two attached hydrogens (primary N) is 1. The monoisotopic (exact) mass is 459 g/mol. The van der Waals surface area contributed by atoms with Crippen LogP contribution in [-0.4, -0.2) is 45.5 Å². The molecule has 0 radical (unpaired) electrons. The molecule has 2 aliphatic rings. The van der Waals surface area contributed by atoms with Crippen LogP contribution in [0.4, 0.5) is 5.82 Å². The average Bonchev–Trinajstić information content (AvgIpc) is 3.09. The number of rotatable bonds is 6. The molecule has 3 aromatic rings. The fraction of sp³-hybridized carbons (Fsp3) is 0.385. The molecule has 3 N–H and O–H groups in total. The van der Waals surface area contributed by atoms with Crippen LogP contribution in [0.15, 0.2) is 54.9 Å². The summed E-state index contributed by atoms with van der Waals surface area (Å²) in [5.74, 6) is 0.683. The Morgan fingerprint density at radius 3 is 2.47 bits per heavy atom. The third-order valence-corrected chi connectivity index (χ3v) is 6.90. The number of hydrogen-bond donors (Lipinski definition) is 2. The Bertz CT molecular complexity index is 1210. The standard InChI is InChI=1S/C26H29N5O3/c1-26(2,34-24-21-6-4-3-5-16(21)11-12-28-24)25(33)30-18-13-19-8-9-20(14-18)31(19)22-10-7-17(15-29-22)23(27)32/h3-7,10-12,15,18-20H,8-9,13-14H2,1-2H3,(H2,27,32)(H,30,33). The van der Waals surface area contributed by atoms with E-state index in [1.54, 1.807) is 26.1 Å². The van der Waals surface area contributed by atoms with Crippen LogP contribution in [-0.2, 0) is 4.79 Å². The van der Waals surface area contributed by atoms with E-state index in [9.17, 15) is 9.59 Å². The van der Waals surface area contributed by atoms with Gasteiger partial charge in [-0.1, -0.05) is 18.2 Å². The molecule has 2 fully saturated rings. The van der Waals surface area contributed by atoms with E-state index >= 15 is 0 Å². The first kappa shape index (κ1) is 22.1. The van der Waals surface area contributed by atoms with Crippen molar-refractivity contribution in [2.45, 2.75) is 63.3 Å². The summed E-state index contributed by atoms with van der Waals surface area (Å²) >= 11 is 0. The predicted octanol–water partition coefficient (Wildman–Crippen LogP) is 3.20. The number of anilines is 1. The zero-order chi connectivity index (χ0) is 23.9. The van der Waals surface area contributed by atoms with Gasteiger partial charge in [0.1, 0.15) is 5.82 Å². The van der Waals surface area contributed by atoms with E-state index in [0.29, 0.717) is 23.5 Å². The number of primary amides is 1. The smallest absolute Gasteiger partial charge is 0.263 e. The number of aromatic nitrogens is 2. The maximum atomic E-state index is 13.2. The molecular formula is C26H29N5O3. The molecule has 0 saturated carbocycles. The Morgan fingerprint density at radius 1 is 1.06 bits per heavy atom. The molecule has 4 heterocycles. The second-order valence-corrected chi connectivity index (χ2v) is 9.65. The van der Waals surface area contributed by atoms with Gasteiger partial charge >= 0.3 is 0 Å². The molecule has 2 saturated heterocycles. The fourth-order valence-electron chi connectivity index (χ4n) is 5.17. The summed E-state index contributed by atoms with van der Waals surface area (Å²) < 4.78 is 6.13. The molecule has 34 heavy (non-hydrogen) atoms. The van der Waals surface area contributed by atoms with Gasteiger partial charge in [0.2, 0.25) is 11.8 Å². The molecule has 8 nitrogen and oxygen atoms in total. The minimum Gasteiger partial charge on any atom is -0.461 e. The van der Waals surface area contributed by atoms with Crippen LogP contribution in [0.25, 0.3) is 10.8 Å². The third-order valence-electron chi connectivity index (χ3n) is 6.90. The van der Waals surface area contributed by atoms with E-state index in [1.807, 2.05) is 36.4 Å². The van der Waals surface area contributed by atoms with Gasteiger partial charge in [0, 0.05) is 35.9 Å². The van der Waals surface area contributed by atoms with Crippen LogP contribution in [0, 0.1) is 0 Å². The highest BCUT2D eigenvalue weighted by Gasteiger charge is 2.43. The van der Waals surface area contributed by atoms with E-state index in [0.717, 1.165) is 42.3 Å². The van der Waals surface area contributed by atoms with Crippen LogP contribution in [0.1, 0.15) is 49.9 Å². The van der Waals surface area contributed by atoms with Gasteiger partial charge in [-0.05, 0) is 69.2 Å². The summed E-state index contributed by atoms with van der Waals surface area (Å²) in [5.41, 5.74) is 4.67. The summed E-state index contributed by atoms with van der Waals surface area (Å²) in [6.45, 7) is 3.56.